The summed E-state index contributed by atoms with van der Waals surface area (Å²) in [6.45, 7) is 0. The molecule has 0 unspecified atom stereocenters. The third-order valence-corrected chi connectivity index (χ3v) is 5.64. The molecule has 0 spiro atoms. The number of ether oxygens (including phenoxy) is 1. The summed E-state index contributed by atoms with van der Waals surface area (Å²) in [6.07, 6.45) is 3.68. The maximum absolute atomic E-state index is 12.6. The molecular formula is C18H20Cl2N6O2. The van der Waals surface area contributed by atoms with Crippen LogP contribution in [0, 0.1) is 0 Å². The van der Waals surface area contributed by atoms with Gasteiger partial charge in [0.15, 0.2) is 10.8 Å². The van der Waals surface area contributed by atoms with Crippen LogP contribution >= 0.6 is 23.2 Å². The number of fused-ring (bicyclic) bond motifs is 1. The van der Waals surface area contributed by atoms with Crippen LogP contribution in [0.4, 0.5) is 17.3 Å². The molecule has 0 amide bonds. The van der Waals surface area contributed by atoms with Crippen molar-refractivity contribution in [3.8, 4) is 0 Å². The Morgan fingerprint density at radius 3 is 2.71 bits per heavy atom. The van der Waals surface area contributed by atoms with Crippen LogP contribution in [0.15, 0.2) is 23.0 Å². The predicted molar refractivity (Wildman–Crippen MR) is 111 cm³/mol. The van der Waals surface area contributed by atoms with E-state index >= 15 is 0 Å². The van der Waals surface area contributed by atoms with E-state index in [0.29, 0.717) is 27.6 Å². The number of imidazole rings is 1. The Morgan fingerprint density at radius 1 is 1.25 bits per heavy atom. The topological polar surface area (TPSA) is 111 Å². The zero-order valence-electron chi connectivity index (χ0n) is 15.2. The Morgan fingerprint density at radius 2 is 2.00 bits per heavy atom. The Hall–Kier alpha value is -2.29. The van der Waals surface area contributed by atoms with Crippen LogP contribution in [-0.4, -0.2) is 32.7 Å². The number of aromatic amines is 1. The molecule has 1 aliphatic rings. The highest BCUT2D eigenvalue weighted by atomic mass is 35.5. The molecule has 2 heterocycles. The van der Waals surface area contributed by atoms with Gasteiger partial charge in [0.25, 0.3) is 0 Å². The van der Waals surface area contributed by atoms with Crippen LogP contribution < -0.4 is 16.7 Å². The standard InChI is InChI=1S/C18H20Cl2N6O2/c1-28-11-5-3-10(4-6-11)26-16-14(23-18(26)27)15(20)24-17(25-16)22-13-8-9(19)2-7-12(13)21/h2,7-8,10-11H,3-6,21H2,1H3,(H,23,27)(H,22,24,25). The fraction of sp³-hybridized carbons (Fsp3) is 0.389. The number of H-pyrrole nitrogens is 1. The molecule has 3 aromatic rings. The minimum Gasteiger partial charge on any atom is -0.397 e. The lowest BCUT2D eigenvalue weighted by atomic mass is 9.93. The van der Waals surface area contributed by atoms with Crippen molar-refractivity contribution >= 4 is 51.7 Å². The average Bonchev–Trinajstić information content (AvgIpc) is 3.01. The number of nitrogens with two attached hydrogens (primary N) is 1. The molecule has 1 aliphatic carbocycles. The van der Waals surface area contributed by atoms with Gasteiger partial charge < -0.3 is 20.8 Å². The fourth-order valence-corrected chi connectivity index (χ4v) is 4.04. The first-order chi connectivity index (χ1) is 13.5. The summed E-state index contributed by atoms with van der Waals surface area (Å²) in [7, 11) is 1.72. The third-order valence-electron chi connectivity index (χ3n) is 5.13. The number of aromatic nitrogens is 4. The number of nitrogen functional groups attached to an aromatic ring is 1. The molecule has 1 aromatic carbocycles. The van der Waals surface area contributed by atoms with E-state index in [1.807, 2.05) is 0 Å². The highest BCUT2D eigenvalue weighted by Crippen LogP contribution is 2.32. The van der Waals surface area contributed by atoms with Crippen molar-refractivity contribution in [2.24, 2.45) is 0 Å². The number of hydrogen-bond acceptors (Lipinski definition) is 6. The molecule has 10 heteroatoms. The second kappa shape index (κ2) is 7.62. The van der Waals surface area contributed by atoms with E-state index in [1.165, 1.54) is 0 Å². The van der Waals surface area contributed by atoms with Crippen molar-refractivity contribution in [3.05, 3.63) is 38.9 Å². The maximum atomic E-state index is 12.6. The minimum atomic E-state index is -0.244. The Balaban J connectivity index is 1.73. The van der Waals surface area contributed by atoms with Gasteiger partial charge in [-0.15, -0.1) is 0 Å². The molecule has 8 nitrogen and oxygen atoms in total. The van der Waals surface area contributed by atoms with Gasteiger partial charge in [-0.1, -0.05) is 23.2 Å². The molecule has 1 saturated carbocycles. The normalized spacial score (nSPS) is 19.8. The van der Waals surface area contributed by atoms with Crippen LogP contribution in [0.5, 0.6) is 0 Å². The first-order valence-corrected chi connectivity index (χ1v) is 9.74. The van der Waals surface area contributed by atoms with Gasteiger partial charge >= 0.3 is 5.69 Å². The van der Waals surface area contributed by atoms with E-state index in [-0.39, 0.29) is 28.9 Å². The molecule has 4 N–H and O–H groups in total. The molecular weight excluding hydrogens is 403 g/mol. The van der Waals surface area contributed by atoms with Gasteiger partial charge in [-0.3, -0.25) is 4.57 Å². The molecule has 0 saturated heterocycles. The minimum absolute atomic E-state index is 0.0303. The number of anilines is 3. The zero-order valence-corrected chi connectivity index (χ0v) is 16.7. The summed E-state index contributed by atoms with van der Waals surface area (Å²) in [4.78, 5) is 24.1. The molecule has 0 aliphatic heterocycles. The molecule has 148 valence electrons. The smallest absolute Gasteiger partial charge is 0.328 e. The molecule has 28 heavy (non-hydrogen) atoms. The van der Waals surface area contributed by atoms with Gasteiger partial charge in [0.2, 0.25) is 5.95 Å². The molecule has 1 fully saturated rings. The molecule has 0 radical (unpaired) electrons. The fourth-order valence-electron chi connectivity index (χ4n) is 3.66. The van der Waals surface area contributed by atoms with Gasteiger partial charge in [0.1, 0.15) is 5.52 Å². The van der Waals surface area contributed by atoms with Crippen LogP contribution in [0.2, 0.25) is 10.2 Å². The quantitative estimate of drug-likeness (QED) is 0.434. The highest BCUT2D eigenvalue weighted by molar-refractivity contribution is 6.33. The number of hydrogen-bond donors (Lipinski definition) is 3. The molecule has 0 bridgehead atoms. The van der Waals surface area contributed by atoms with Crippen molar-refractivity contribution in [2.45, 2.75) is 37.8 Å². The number of methoxy groups -OCH3 is 1. The number of rotatable bonds is 4. The Kier molecular flexibility index (Phi) is 5.18. The number of nitrogens with zero attached hydrogens (tertiary/aromatic N) is 3. The summed E-state index contributed by atoms with van der Waals surface area (Å²) >= 11 is 12.4. The monoisotopic (exact) mass is 422 g/mol. The van der Waals surface area contributed by atoms with Crippen LogP contribution in [0.25, 0.3) is 11.2 Å². The lowest BCUT2D eigenvalue weighted by Crippen LogP contribution is -2.28. The zero-order chi connectivity index (χ0) is 19.8. The summed E-state index contributed by atoms with van der Waals surface area (Å²) in [5.74, 6) is 0.241. The summed E-state index contributed by atoms with van der Waals surface area (Å²) in [5, 5.41) is 3.72. The summed E-state index contributed by atoms with van der Waals surface area (Å²) < 4.78 is 7.09. The van der Waals surface area contributed by atoms with E-state index < -0.39 is 0 Å². The largest absolute Gasteiger partial charge is 0.397 e. The second-order valence-electron chi connectivity index (χ2n) is 6.86. The highest BCUT2D eigenvalue weighted by Gasteiger charge is 2.26. The van der Waals surface area contributed by atoms with Gasteiger partial charge in [0, 0.05) is 18.2 Å². The van der Waals surface area contributed by atoms with Crippen molar-refractivity contribution in [2.75, 3.05) is 18.2 Å². The van der Waals surface area contributed by atoms with Gasteiger partial charge in [-0.05, 0) is 43.9 Å². The van der Waals surface area contributed by atoms with Gasteiger partial charge in [-0.2, -0.15) is 9.97 Å². The Labute approximate surface area is 171 Å². The van der Waals surface area contributed by atoms with Crippen molar-refractivity contribution in [1.29, 1.82) is 0 Å². The maximum Gasteiger partial charge on any atom is 0.328 e. The van der Waals surface area contributed by atoms with Crippen molar-refractivity contribution in [1.82, 2.24) is 19.5 Å². The Bertz CT molecular complexity index is 1070. The summed E-state index contributed by atoms with van der Waals surface area (Å²) in [6, 6.07) is 5.08. The second-order valence-corrected chi connectivity index (χ2v) is 7.65. The van der Waals surface area contributed by atoms with E-state index in [2.05, 4.69) is 20.3 Å². The van der Waals surface area contributed by atoms with Crippen LogP contribution in [0.1, 0.15) is 31.7 Å². The predicted octanol–water partition coefficient (Wildman–Crippen LogP) is 3.88. The number of halogens is 2. The lowest BCUT2D eigenvalue weighted by molar-refractivity contribution is 0.0585. The molecule has 4 rings (SSSR count). The van der Waals surface area contributed by atoms with E-state index in [1.54, 1.807) is 29.9 Å². The lowest BCUT2D eigenvalue weighted by Gasteiger charge is -2.28. The third kappa shape index (κ3) is 3.55. The first kappa shape index (κ1) is 19.0. The van der Waals surface area contributed by atoms with E-state index in [0.717, 1.165) is 25.7 Å². The SMILES string of the molecule is COC1CCC(n2c(=O)[nH]c3c(Cl)nc(Nc4cc(Cl)ccc4N)nc32)CC1. The summed E-state index contributed by atoms with van der Waals surface area (Å²) in [5.41, 5.74) is 7.68. The van der Waals surface area contributed by atoms with Crippen LogP contribution in [0.3, 0.4) is 0 Å². The molecule has 2 aromatic heterocycles. The van der Waals surface area contributed by atoms with Crippen molar-refractivity contribution in [3.63, 3.8) is 0 Å². The van der Waals surface area contributed by atoms with Crippen molar-refractivity contribution < 1.29 is 4.74 Å². The molecule has 0 atom stereocenters. The average molecular weight is 423 g/mol. The van der Waals surface area contributed by atoms with Gasteiger partial charge in [0.05, 0.1) is 17.5 Å². The van der Waals surface area contributed by atoms with E-state index in [4.69, 9.17) is 33.7 Å². The van der Waals surface area contributed by atoms with E-state index in [9.17, 15) is 4.79 Å². The number of nitrogens with one attached hydrogen (secondary N) is 2. The first-order valence-electron chi connectivity index (χ1n) is 8.99. The van der Waals surface area contributed by atoms with Crippen LogP contribution in [-0.2, 0) is 4.74 Å². The number of benzene rings is 1. The van der Waals surface area contributed by atoms with Gasteiger partial charge in [-0.25, -0.2) is 4.79 Å².